The predicted octanol–water partition coefficient (Wildman–Crippen LogP) is 2.88. The number of nitrogens with one attached hydrogen (secondary N) is 1. The highest BCUT2D eigenvalue weighted by atomic mass is 16.5. The Hall–Kier alpha value is -3.02. The molecule has 3 rings (SSSR count). The Balaban J connectivity index is 1.47. The maximum atomic E-state index is 12.6. The molecule has 1 aromatic carbocycles. The first kappa shape index (κ1) is 19.7. The van der Waals surface area contributed by atoms with Gasteiger partial charge in [-0.3, -0.25) is 9.59 Å². The molecule has 0 aliphatic carbocycles. The van der Waals surface area contributed by atoms with Crippen molar-refractivity contribution in [2.45, 2.75) is 31.8 Å². The number of carbonyl (C=O) groups is 2. The molecule has 1 N–H and O–H groups in total. The third kappa shape index (κ3) is 5.03. The van der Waals surface area contributed by atoms with Gasteiger partial charge in [0.1, 0.15) is 11.8 Å². The molecule has 6 heteroatoms. The van der Waals surface area contributed by atoms with Gasteiger partial charge in [0.25, 0.3) is 0 Å². The van der Waals surface area contributed by atoms with Gasteiger partial charge in [-0.15, -0.1) is 0 Å². The maximum Gasteiger partial charge on any atom is 0.244 e. The average Bonchev–Trinajstić information content (AvgIpc) is 3.27. The molecule has 148 valence electrons. The van der Waals surface area contributed by atoms with E-state index in [0.717, 1.165) is 24.2 Å². The smallest absolute Gasteiger partial charge is 0.244 e. The number of hydrogen-bond donors (Lipinski definition) is 1. The fourth-order valence-electron chi connectivity index (χ4n) is 3.46. The number of piperidine rings is 1. The molecule has 0 saturated carbocycles. The van der Waals surface area contributed by atoms with Crippen molar-refractivity contribution in [3.05, 3.63) is 60.4 Å². The summed E-state index contributed by atoms with van der Waals surface area (Å²) < 4.78 is 7.32. The van der Waals surface area contributed by atoms with Crippen molar-refractivity contribution in [3.8, 4) is 5.75 Å². The van der Waals surface area contributed by atoms with E-state index in [0.29, 0.717) is 19.1 Å². The Labute approximate surface area is 165 Å². The number of ether oxygens (including phenoxy) is 1. The van der Waals surface area contributed by atoms with Crippen LogP contribution in [0.3, 0.4) is 0 Å². The van der Waals surface area contributed by atoms with Gasteiger partial charge in [-0.1, -0.05) is 12.1 Å². The van der Waals surface area contributed by atoms with E-state index in [9.17, 15) is 9.59 Å². The number of likely N-dealkylation sites (tertiary alicyclic amines) is 1. The summed E-state index contributed by atoms with van der Waals surface area (Å²) in [5.74, 6) is 0.456. The molecule has 2 amide bonds. The Morgan fingerprint density at radius 3 is 2.39 bits per heavy atom. The van der Waals surface area contributed by atoms with E-state index < -0.39 is 6.04 Å². The topological polar surface area (TPSA) is 63.6 Å². The number of methoxy groups -OCH3 is 1. The lowest BCUT2D eigenvalue weighted by molar-refractivity contribution is -0.136. The minimum Gasteiger partial charge on any atom is -0.497 e. The van der Waals surface area contributed by atoms with Crippen LogP contribution in [-0.4, -0.2) is 47.5 Å². The van der Waals surface area contributed by atoms with Crippen LogP contribution in [0, 0.1) is 0 Å². The van der Waals surface area contributed by atoms with Crippen LogP contribution in [0.2, 0.25) is 0 Å². The van der Waals surface area contributed by atoms with Crippen LogP contribution >= 0.6 is 0 Å². The summed E-state index contributed by atoms with van der Waals surface area (Å²) in [6.07, 6.45) is 9.16. The molecule has 1 aromatic heterocycles. The molecule has 2 aromatic rings. The summed E-state index contributed by atoms with van der Waals surface area (Å²) in [5, 5.41) is 2.76. The molecular weight excluding hydrogens is 354 g/mol. The fraction of sp³-hybridized carbons (Fsp3) is 0.364. The van der Waals surface area contributed by atoms with Gasteiger partial charge in [0, 0.05) is 37.6 Å². The molecule has 0 bridgehead atoms. The summed E-state index contributed by atoms with van der Waals surface area (Å²) in [5.41, 5.74) is 0.891. The highest BCUT2D eigenvalue weighted by Crippen LogP contribution is 2.22. The SMILES string of the molecule is COc1ccc(/C=C/C(=O)NC(C)C(=O)N2CCC(n3cccc3)CC2)cc1. The minimum absolute atomic E-state index is 0.0304. The largest absolute Gasteiger partial charge is 0.497 e. The minimum atomic E-state index is -0.545. The third-order valence-corrected chi connectivity index (χ3v) is 5.10. The summed E-state index contributed by atoms with van der Waals surface area (Å²) in [6.45, 7) is 3.16. The number of nitrogens with zero attached hydrogens (tertiary/aromatic N) is 2. The molecule has 1 unspecified atom stereocenters. The van der Waals surface area contributed by atoms with Gasteiger partial charge in [0.2, 0.25) is 11.8 Å². The molecular formula is C22H27N3O3. The van der Waals surface area contributed by atoms with Gasteiger partial charge in [-0.2, -0.15) is 0 Å². The lowest BCUT2D eigenvalue weighted by atomic mass is 10.0. The number of amides is 2. The third-order valence-electron chi connectivity index (χ3n) is 5.10. The number of aromatic nitrogens is 1. The number of carbonyl (C=O) groups excluding carboxylic acids is 2. The van der Waals surface area contributed by atoms with Gasteiger partial charge in [-0.05, 0) is 55.7 Å². The van der Waals surface area contributed by atoms with Crippen LogP contribution in [0.4, 0.5) is 0 Å². The van der Waals surface area contributed by atoms with Crippen molar-refractivity contribution in [2.75, 3.05) is 20.2 Å². The van der Waals surface area contributed by atoms with Crippen LogP contribution in [0.25, 0.3) is 6.08 Å². The second-order valence-corrected chi connectivity index (χ2v) is 7.02. The summed E-state index contributed by atoms with van der Waals surface area (Å²) >= 11 is 0. The molecule has 1 aliphatic heterocycles. The summed E-state index contributed by atoms with van der Waals surface area (Å²) in [4.78, 5) is 26.6. The lowest BCUT2D eigenvalue weighted by Gasteiger charge is -2.34. The maximum absolute atomic E-state index is 12.6. The predicted molar refractivity (Wildman–Crippen MR) is 109 cm³/mol. The molecule has 1 aliphatic rings. The fourth-order valence-corrected chi connectivity index (χ4v) is 3.46. The van der Waals surface area contributed by atoms with E-state index in [4.69, 9.17) is 4.74 Å². The van der Waals surface area contributed by atoms with Crippen LogP contribution in [0.1, 0.15) is 31.4 Å². The first-order valence-corrected chi connectivity index (χ1v) is 9.60. The van der Waals surface area contributed by atoms with Crippen molar-refractivity contribution in [1.82, 2.24) is 14.8 Å². The van der Waals surface area contributed by atoms with E-state index in [2.05, 4.69) is 22.3 Å². The summed E-state index contributed by atoms with van der Waals surface area (Å²) in [7, 11) is 1.61. The Kier molecular flexibility index (Phi) is 6.53. The lowest BCUT2D eigenvalue weighted by Crippen LogP contribution is -2.49. The molecule has 1 saturated heterocycles. The first-order valence-electron chi connectivity index (χ1n) is 9.60. The van der Waals surface area contributed by atoms with Gasteiger partial charge in [0.05, 0.1) is 7.11 Å². The van der Waals surface area contributed by atoms with E-state index in [1.807, 2.05) is 41.3 Å². The molecule has 1 atom stereocenters. The molecule has 0 radical (unpaired) electrons. The molecule has 2 heterocycles. The monoisotopic (exact) mass is 381 g/mol. The van der Waals surface area contributed by atoms with Crippen molar-refractivity contribution >= 4 is 17.9 Å². The quantitative estimate of drug-likeness (QED) is 0.783. The Morgan fingerprint density at radius 1 is 1.14 bits per heavy atom. The highest BCUT2D eigenvalue weighted by Gasteiger charge is 2.26. The van der Waals surface area contributed by atoms with E-state index in [1.165, 1.54) is 6.08 Å². The zero-order valence-corrected chi connectivity index (χ0v) is 16.4. The van der Waals surface area contributed by atoms with E-state index in [1.54, 1.807) is 20.1 Å². The highest BCUT2D eigenvalue weighted by molar-refractivity contribution is 5.95. The van der Waals surface area contributed by atoms with Gasteiger partial charge < -0.3 is 19.5 Å². The zero-order valence-electron chi connectivity index (χ0n) is 16.4. The summed E-state index contributed by atoms with van der Waals surface area (Å²) in [6, 6.07) is 11.3. The van der Waals surface area contributed by atoms with Crippen LogP contribution in [0.5, 0.6) is 5.75 Å². The van der Waals surface area contributed by atoms with E-state index in [-0.39, 0.29) is 11.8 Å². The van der Waals surface area contributed by atoms with Crippen molar-refractivity contribution in [3.63, 3.8) is 0 Å². The Bertz CT molecular complexity index is 804. The van der Waals surface area contributed by atoms with Crippen molar-refractivity contribution in [2.24, 2.45) is 0 Å². The first-order chi connectivity index (χ1) is 13.6. The number of hydrogen-bond acceptors (Lipinski definition) is 3. The van der Waals surface area contributed by atoms with Gasteiger partial charge in [-0.25, -0.2) is 0 Å². The number of benzene rings is 1. The Morgan fingerprint density at radius 2 is 1.79 bits per heavy atom. The van der Waals surface area contributed by atoms with Crippen LogP contribution < -0.4 is 10.1 Å². The number of rotatable bonds is 6. The zero-order chi connectivity index (χ0) is 19.9. The second-order valence-electron chi connectivity index (χ2n) is 7.02. The molecule has 6 nitrogen and oxygen atoms in total. The van der Waals surface area contributed by atoms with Crippen molar-refractivity contribution < 1.29 is 14.3 Å². The normalized spacial score (nSPS) is 16.1. The van der Waals surface area contributed by atoms with Crippen LogP contribution in [0.15, 0.2) is 54.9 Å². The second kappa shape index (κ2) is 9.26. The van der Waals surface area contributed by atoms with Gasteiger partial charge >= 0.3 is 0 Å². The standard InChI is InChI=1S/C22H27N3O3/c1-17(23-21(26)10-7-18-5-8-20(28-2)9-6-18)22(27)25-15-11-19(12-16-25)24-13-3-4-14-24/h3-10,13-14,17,19H,11-12,15-16H2,1-2H3,(H,23,26)/b10-7+. The average molecular weight is 381 g/mol. The molecule has 0 spiro atoms. The van der Waals surface area contributed by atoms with E-state index >= 15 is 0 Å². The molecule has 28 heavy (non-hydrogen) atoms. The molecule has 1 fully saturated rings. The van der Waals surface area contributed by atoms with Crippen molar-refractivity contribution in [1.29, 1.82) is 0 Å². The van der Waals surface area contributed by atoms with Crippen LogP contribution in [-0.2, 0) is 9.59 Å². The van der Waals surface area contributed by atoms with Gasteiger partial charge in [0.15, 0.2) is 0 Å².